The zero-order valence-corrected chi connectivity index (χ0v) is 13.9. The molecule has 1 saturated carbocycles. The van der Waals surface area contributed by atoms with Crippen LogP contribution in [0.2, 0.25) is 0 Å². The lowest BCUT2D eigenvalue weighted by atomic mass is 9.90. The molecular weight excluding hydrogens is 337 g/mol. The highest BCUT2D eigenvalue weighted by Gasteiger charge is 2.18. The number of esters is 2. The van der Waals surface area contributed by atoms with Crippen molar-refractivity contribution in [3.05, 3.63) is 29.6 Å². The maximum absolute atomic E-state index is 13.4. The van der Waals surface area contributed by atoms with Crippen LogP contribution in [-0.2, 0) is 14.3 Å². The molecule has 4 nitrogen and oxygen atoms in total. The van der Waals surface area contributed by atoms with E-state index in [0.717, 1.165) is 31.7 Å². The van der Waals surface area contributed by atoms with E-state index in [1.54, 1.807) is 0 Å². The number of ether oxygens (including phenoxy) is 2. The molecule has 0 aliphatic heterocycles. The normalized spacial score (nSPS) is 15.0. The van der Waals surface area contributed by atoms with Gasteiger partial charge >= 0.3 is 11.9 Å². The topological polar surface area (TPSA) is 52.6 Å². The van der Waals surface area contributed by atoms with Crippen LogP contribution < -0.4 is 4.74 Å². The van der Waals surface area contributed by atoms with Crippen molar-refractivity contribution < 1.29 is 32.2 Å². The third kappa shape index (κ3) is 6.07. The summed E-state index contributed by atoms with van der Waals surface area (Å²) in [5.41, 5.74) is 0. The Bertz CT molecular complexity index is 613. The molecule has 1 aromatic carbocycles. The molecule has 0 atom stereocenters. The van der Waals surface area contributed by atoms with Gasteiger partial charge in [0.2, 0.25) is 5.82 Å². The van der Waals surface area contributed by atoms with Crippen molar-refractivity contribution in [2.45, 2.75) is 51.4 Å². The molecule has 0 spiro atoms. The van der Waals surface area contributed by atoms with Gasteiger partial charge in [0.1, 0.15) is 0 Å². The second-order valence-electron chi connectivity index (χ2n) is 6.19. The first kappa shape index (κ1) is 19.3. The molecule has 138 valence electrons. The molecule has 0 amide bonds. The van der Waals surface area contributed by atoms with Gasteiger partial charge in [0.15, 0.2) is 17.4 Å². The molecule has 0 heterocycles. The lowest BCUT2D eigenvalue weighted by Crippen LogP contribution is -2.17. The van der Waals surface area contributed by atoms with Gasteiger partial charge in [0, 0.05) is 12.8 Å². The van der Waals surface area contributed by atoms with Crippen molar-refractivity contribution >= 4 is 11.9 Å². The maximum Gasteiger partial charge on any atom is 0.311 e. The Morgan fingerprint density at radius 3 is 2.36 bits per heavy atom. The van der Waals surface area contributed by atoms with E-state index in [1.165, 1.54) is 6.42 Å². The highest BCUT2D eigenvalue weighted by Crippen LogP contribution is 2.24. The molecule has 0 bridgehead atoms. The van der Waals surface area contributed by atoms with Crippen LogP contribution in [-0.4, -0.2) is 18.5 Å². The van der Waals surface area contributed by atoms with Gasteiger partial charge in [-0.2, -0.15) is 4.39 Å². The monoisotopic (exact) mass is 358 g/mol. The van der Waals surface area contributed by atoms with Crippen molar-refractivity contribution in [3.63, 3.8) is 0 Å². The molecule has 25 heavy (non-hydrogen) atoms. The molecule has 1 fully saturated rings. The SMILES string of the molecule is O=C(CCCC(=O)Oc1ccc(F)c(F)c1F)OCC1CCCCC1. The van der Waals surface area contributed by atoms with E-state index in [2.05, 4.69) is 4.74 Å². The Hall–Kier alpha value is -2.05. The number of carbonyl (C=O) groups is 2. The summed E-state index contributed by atoms with van der Waals surface area (Å²) in [6.07, 6.45) is 5.75. The molecule has 0 aromatic heterocycles. The molecule has 7 heteroatoms. The maximum atomic E-state index is 13.4. The first-order valence-corrected chi connectivity index (χ1v) is 8.47. The second kappa shape index (κ2) is 9.44. The number of halogens is 3. The van der Waals surface area contributed by atoms with Gasteiger partial charge in [0.05, 0.1) is 6.61 Å². The summed E-state index contributed by atoms with van der Waals surface area (Å²) in [4.78, 5) is 23.2. The van der Waals surface area contributed by atoms with Crippen LogP contribution in [0.5, 0.6) is 5.75 Å². The van der Waals surface area contributed by atoms with Crippen LogP contribution in [0.3, 0.4) is 0 Å². The summed E-state index contributed by atoms with van der Waals surface area (Å²) in [6, 6.07) is 1.51. The van der Waals surface area contributed by atoms with Crippen LogP contribution >= 0.6 is 0 Å². The smallest absolute Gasteiger partial charge is 0.311 e. The summed E-state index contributed by atoms with van der Waals surface area (Å²) in [6.45, 7) is 0.406. The first-order chi connectivity index (χ1) is 12.0. The minimum atomic E-state index is -1.70. The van der Waals surface area contributed by atoms with Crippen LogP contribution in [0.25, 0.3) is 0 Å². The predicted molar refractivity (Wildman–Crippen MR) is 83.3 cm³/mol. The molecule has 1 aliphatic carbocycles. The van der Waals surface area contributed by atoms with Gasteiger partial charge in [-0.05, 0) is 37.3 Å². The molecule has 1 aliphatic rings. The quantitative estimate of drug-likeness (QED) is 0.414. The Kier molecular flexibility index (Phi) is 7.28. The van der Waals surface area contributed by atoms with Gasteiger partial charge in [-0.25, -0.2) is 8.78 Å². The van der Waals surface area contributed by atoms with Crippen LogP contribution in [0, 0.1) is 23.4 Å². The van der Waals surface area contributed by atoms with Crippen molar-refractivity contribution in [1.29, 1.82) is 0 Å². The largest absolute Gasteiger partial charge is 0.465 e. The van der Waals surface area contributed by atoms with Gasteiger partial charge < -0.3 is 9.47 Å². The minimum absolute atomic E-state index is 0.0437. The van der Waals surface area contributed by atoms with E-state index in [0.29, 0.717) is 18.6 Å². The van der Waals surface area contributed by atoms with Gasteiger partial charge in [-0.3, -0.25) is 9.59 Å². The Labute approximate surface area is 144 Å². The van der Waals surface area contributed by atoms with Crippen LogP contribution in [0.4, 0.5) is 13.2 Å². The fourth-order valence-corrected chi connectivity index (χ4v) is 2.77. The highest BCUT2D eigenvalue weighted by molar-refractivity contribution is 5.74. The minimum Gasteiger partial charge on any atom is -0.465 e. The summed E-state index contributed by atoms with van der Waals surface area (Å²) < 4.78 is 49.0. The van der Waals surface area contributed by atoms with Gasteiger partial charge in [-0.15, -0.1) is 0 Å². The van der Waals surface area contributed by atoms with Crippen molar-refractivity contribution in [2.75, 3.05) is 6.61 Å². The first-order valence-electron chi connectivity index (χ1n) is 8.47. The number of rotatable bonds is 7. The zero-order chi connectivity index (χ0) is 18.2. The molecule has 0 unspecified atom stereocenters. The van der Waals surface area contributed by atoms with E-state index in [9.17, 15) is 22.8 Å². The summed E-state index contributed by atoms with van der Waals surface area (Å²) >= 11 is 0. The lowest BCUT2D eigenvalue weighted by Gasteiger charge is -2.20. The fourth-order valence-electron chi connectivity index (χ4n) is 2.77. The zero-order valence-electron chi connectivity index (χ0n) is 13.9. The van der Waals surface area contributed by atoms with Crippen LogP contribution in [0.15, 0.2) is 12.1 Å². The number of benzene rings is 1. The van der Waals surface area contributed by atoms with Crippen molar-refractivity contribution in [1.82, 2.24) is 0 Å². The van der Waals surface area contributed by atoms with Gasteiger partial charge in [-0.1, -0.05) is 19.3 Å². The van der Waals surface area contributed by atoms with E-state index in [1.807, 2.05) is 0 Å². The number of hydrogen-bond donors (Lipinski definition) is 0. The van der Waals surface area contributed by atoms with Crippen LogP contribution in [0.1, 0.15) is 51.4 Å². The molecule has 2 rings (SSSR count). The van der Waals surface area contributed by atoms with E-state index in [-0.39, 0.29) is 19.3 Å². The molecular formula is C18H21F3O4. The number of carbonyl (C=O) groups excluding carboxylic acids is 2. The summed E-state index contributed by atoms with van der Waals surface area (Å²) in [7, 11) is 0. The summed E-state index contributed by atoms with van der Waals surface area (Å²) in [5, 5.41) is 0. The van der Waals surface area contributed by atoms with E-state index >= 15 is 0 Å². The molecule has 0 radical (unpaired) electrons. The predicted octanol–water partition coefficient (Wildman–Crippen LogP) is 4.30. The third-order valence-electron chi connectivity index (χ3n) is 4.19. The average Bonchev–Trinajstić information content (AvgIpc) is 2.61. The molecule has 0 N–H and O–H groups in total. The number of hydrogen-bond acceptors (Lipinski definition) is 4. The molecule has 1 aromatic rings. The summed E-state index contributed by atoms with van der Waals surface area (Å²) in [5.74, 6) is -6.10. The Morgan fingerprint density at radius 2 is 1.64 bits per heavy atom. The highest BCUT2D eigenvalue weighted by atomic mass is 19.2. The Balaban J connectivity index is 1.66. The molecule has 0 saturated heterocycles. The fraction of sp³-hybridized carbons (Fsp3) is 0.556. The third-order valence-corrected chi connectivity index (χ3v) is 4.19. The van der Waals surface area contributed by atoms with E-state index < -0.39 is 35.1 Å². The standard InChI is InChI=1S/C18H21F3O4/c19-13-9-10-14(18(21)17(13)20)25-16(23)8-4-7-15(22)24-11-12-5-2-1-3-6-12/h9-10,12H,1-8,11H2. The average molecular weight is 358 g/mol. The Morgan fingerprint density at radius 1 is 0.960 bits per heavy atom. The van der Waals surface area contributed by atoms with E-state index in [4.69, 9.17) is 4.74 Å². The second-order valence-corrected chi connectivity index (χ2v) is 6.19. The van der Waals surface area contributed by atoms with Gasteiger partial charge in [0.25, 0.3) is 0 Å². The van der Waals surface area contributed by atoms with Crippen molar-refractivity contribution in [2.24, 2.45) is 5.92 Å². The lowest BCUT2D eigenvalue weighted by molar-refractivity contribution is -0.145. The van der Waals surface area contributed by atoms with Crippen molar-refractivity contribution in [3.8, 4) is 5.75 Å².